The highest BCUT2D eigenvalue weighted by atomic mass is 35.5. The van der Waals surface area contributed by atoms with Crippen molar-refractivity contribution in [2.75, 3.05) is 19.6 Å². The van der Waals surface area contributed by atoms with Gasteiger partial charge in [-0.25, -0.2) is 9.07 Å². The van der Waals surface area contributed by atoms with Gasteiger partial charge in [-0.15, -0.1) is 5.10 Å². The van der Waals surface area contributed by atoms with Crippen LogP contribution < -0.4 is 5.32 Å². The summed E-state index contributed by atoms with van der Waals surface area (Å²) in [5.74, 6) is -0.616. The molecule has 0 saturated carbocycles. The van der Waals surface area contributed by atoms with E-state index in [1.165, 1.54) is 16.8 Å². The van der Waals surface area contributed by atoms with E-state index >= 15 is 0 Å². The minimum absolute atomic E-state index is 0.00455. The molecule has 1 aromatic heterocycles. The first-order valence-corrected chi connectivity index (χ1v) is 8.80. The predicted octanol–water partition coefficient (Wildman–Crippen LogP) is 2.58. The van der Waals surface area contributed by atoms with E-state index in [0.29, 0.717) is 23.6 Å². The second-order valence-electron chi connectivity index (χ2n) is 6.18. The Morgan fingerprint density at radius 2 is 2.32 bits per heavy atom. The standard InChI is InChI=1S/C17H21ClFN5O/c1-3-8-23(13-6-7-20-10-13)17(25)16-11(2)24(22-21-16)12-4-5-15(19)14(18)9-12/h4-5,9,13,20H,3,6-8,10H2,1-2H3. The fourth-order valence-electron chi connectivity index (χ4n) is 3.12. The lowest BCUT2D eigenvalue weighted by molar-refractivity contribution is 0.0685. The number of hydrogen-bond donors (Lipinski definition) is 1. The van der Waals surface area contributed by atoms with Crippen LogP contribution in [0.5, 0.6) is 0 Å². The number of aromatic nitrogens is 3. The van der Waals surface area contributed by atoms with Crippen molar-refractivity contribution in [1.82, 2.24) is 25.2 Å². The first kappa shape index (κ1) is 17.8. The summed E-state index contributed by atoms with van der Waals surface area (Å²) in [5.41, 5.74) is 1.50. The van der Waals surface area contributed by atoms with Crippen molar-refractivity contribution in [3.8, 4) is 5.69 Å². The third-order valence-electron chi connectivity index (χ3n) is 4.45. The Kier molecular flexibility index (Phi) is 5.34. The molecule has 1 amide bonds. The zero-order valence-electron chi connectivity index (χ0n) is 14.3. The van der Waals surface area contributed by atoms with Gasteiger partial charge in [0, 0.05) is 19.1 Å². The van der Waals surface area contributed by atoms with Crippen LogP contribution in [0.15, 0.2) is 18.2 Å². The maximum atomic E-state index is 13.4. The van der Waals surface area contributed by atoms with Gasteiger partial charge in [0.1, 0.15) is 5.82 Å². The summed E-state index contributed by atoms with van der Waals surface area (Å²) in [5, 5.41) is 11.4. The summed E-state index contributed by atoms with van der Waals surface area (Å²) in [6.45, 7) is 6.22. The van der Waals surface area contributed by atoms with Crippen LogP contribution in [0, 0.1) is 12.7 Å². The largest absolute Gasteiger partial charge is 0.333 e. The van der Waals surface area contributed by atoms with Crippen molar-refractivity contribution in [1.29, 1.82) is 0 Å². The fraction of sp³-hybridized carbons (Fsp3) is 0.471. The summed E-state index contributed by atoms with van der Waals surface area (Å²) < 4.78 is 14.9. The molecule has 1 N–H and O–H groups in total. The molecule has 0 aliphatic carbocycles. The van der Waals surface area contributed by atoms with E-state index in [9.17, 15) is 9.18 Å². The van der Waals surface area contributed by atoms with Crippen LogP contribution in [0.2, 0.25) is 5.02 Å². The molecule has 2 aromatic rings. The maximum absolute atomic E-state index is 13.4. The zero-order valence-corrected chi connectivity index (χ0v) is 15.1. The summed E-state index contributed by atoms with van der Waals surface area (Å²) in [6.07, 6.45) is 1.81. The molecule has 1 fully saturated rings. The molecule has 25 heavy (non-hydrogen) atoms. The summed E-state index contributed by atoms with van der Waals surface area (Å²) in [4.78, 5) is 14.9. The van der Waals surface area contributed by atoms with Crippen molar-refractivity contribution in [3.63, 3.8) is 0 Å². The van der Waals surface area contributed by atoms with Crippen LogP contribution in [-0.4, -0.2) is 51.5 Å². The zero-order chi connectivity index (χ0) is 18.0. The van der Waals surface area contributed by atoms with E-state index < -0.39 is 5.82 Å². The topological polar surface area (TPSA) is 63.1 Å². The Morgan fingerprint density at radius 1 is 1.52 bits per heavy atom. The van der Waals surface area contributed by atoms with Gasteiger partial charge in [0.2, 0.25) is 0 Å². The Balaban J connectivity index is 1.90. The monoisotopic (exact) mass is 365 g/mol. The number of benzene rings is 1. The molecule has 1 unspecified atom stereocenters. The molecule has 1 saturated heterocycles. The number of nitrogens with zero attached hydrogens (tertiary/aromatic N) is 4. The Labute approximate surface area is 151 Å². The van der Waals surface area contributed by atoms with E-state index in [4.69, 9.17) is 11.6 Å². The van der Waals surface area contributed by atoms with Gasteiger partial charge < -0.3 is 10.2 Å². The highest BCUT2D eigenvalue weighted by Gasteiger charge is 2.30. The third-order valence-corrected chi connectivity index (χ3v) is 4.73. The molecule has 0 radical (unpaired) electrons. The number of carbonyl (C=O) groups is 1. The van der Waals surface area contributed by atoms with Gasteiger partial charge in [0.15, 0.2) is 5.69 Å². The van der Waals surface area contributed by atoms with E-state index in [1.807, 2.05) is 11.8 Å². The lowest BCUT2D eigenvalue weighted by atomic mass is 10.1. The predicted molar refractivity (Wildman–Crippen MR) is 93.7 cm³/mol. The first-order chi connectivity index (χ1) is 12.0. The van der Waals surface area contributed by atoms with E-state index in [-0.39, 0.29) is 17.0 Å². The quantitative estimate of drug-likeness (QED) is 0.884. The minimum atomic E-state index is -0.498. The number of rotatable bonds is 5. The maximum Gasteiger partial charge on any atom is 0.276 e. The molecule has 1 aliphatic rings. The van der Waals surface area contributed by atoms with E-state index in [0.717, 1.165) is 25.9 Å². The van der Waals surface area contributed by atoms with Crippen LogP contribution in [-0.2, 0) is 0 Å². The van der Waals surface area contributed by atoms with Crippen molar-refractivity contribution in [2.45, 2.75) is 32.7 Å². The molecule has 1 aliphatic heterocycles. The smallest absolute Gasteiger partial charge is 0.276 e. The van der Waals surface area contributed by atoms with Crippen LogP contribution in [0.1, 0.15) is 35.9 Å². The van der Waals surface area contributed by atoms with Gasteiger partial charge in [-0.2, -0.15) is 0 Å². The molecule has 2 heterocycles. The number of halogens is 2. The van der Waals surface area contributed by atoms with Gasteiger partial charge in [0.25, 0.3) is 5.91 Å². The number of nitrogens with one attached hydrogen (secondary N) is 1. The average molecular weight is 366 g/mol. The second kappa shape index (κ2) is 7.49. The molecule has 8 heteroatoms. The van der Waals surface area contributed by atoms with E-state index in [2.05, 4.69) is 15.6 Å². The number of hydrogen-bond acceptors (Lipinski definition) is 4. The van der Waals surface area contributed by atoms with Crippen LogP contribution in [0.4, 0.5) is 4.39 Å². The third kappa shape index (κ3) is 3.52. The van der Waals surface area contributed by atoms with Gasteiger partial charge in [0.05, 0.1) is 16.4 Å². The number of amides is 1. The molecule has 134 valence electrons. The molecule has 6 nitrogen and oxygen atoms in total. The molecular formula is C17H21ClFN5O. The van der Waals surface area contributed by atoms with Gasteiger partial charge in [-0.05, 0) is 44.5 Å². The lowest BCUT2D eigenvalue weighted by Crippen LogP contribution is -2.42. The SMILES string of the molecule is CCCN(C(=O)c1nnn(-c2ccc(F)c(Cl)c2)c1C)C1CCNC1. The number of carbonyl (C=O) groups excluding carboxylic acids is 1. The van der Waals surface area contributed by atoms with Crippen molar-refractivity contribution >= 4 is 17.5 Å². The summed E-state index contributed by atoms with van der Waals surface area (Å²) in [7, 11) is 0. The molecular weight excluding hydrogens is 345 g/mol. The summed E-state index contributed by atoms with van der Waals surface area (Å²) >= 11 is 5.84. The van der Waals surface area contributed by atoms with Crippen LogP contribution in [0.25, 0.3) is 5.69 Å². The Morgan fingerprint density at radius 3 is 2.96 bits per heavy atom. The highest BCUT2D eigenvalue weighted by molar-refractivity contribution is 6.30. The van der Waals surface area contributed by atoms with Crippen LogP contribution >= 0.6 is 11.6 Å². The molecule has 0 bridgehead atoms. The van der Waals surface area contributed by atoms with Crippen molar-refractivity contribution in [3.05, 3.63) is 40.4 Å². The normalized spacial score (nSPS) is 17.0. The Bertz CT molecular complexity index is 772. The van der Waals surface area contributed by atoms with Crippen molar-refractivity contribution < 1.29 is 9.18 Å². The molecule has 3 rings (SSSR count). The van der Waals surface area contributed by atoms with Gasteiger partial charge in [-0.1, -0.05) is 23.7 Å². The average Bonchev–Trinajstić information content (AvgIpc) is 3.24. The molecule has 0 spiro atoms. The molecule has 1 aromatic carbocycles. The molecule has 1 atom stereocenters. The first-order valence-electron chi connectivity index (χ1n) is 8.42. The highest BCUT2D eigenvalue weighted by Crippen LogP contribution is 2.21. The van der Waals surface area contributed by atoms with E-state index in [1.54, 1.807) is 13.0 Å². The minimum Gasteiger partial charge on any atom is -0.333 e. The second-order valence-corrected chi connectivity index (χ2v) is 6.59. The van der Waals surface area contributed by atoms with Crippen LogP contribution in [0.3, 0.4) is 0 Å². The summed E-state index contributed by atoms with van der Waals surface area (Å²) in [6, 6.07) is 4.48. The Hall–Kier alpha value is -1.99. The van der Waals surface area contributed by atoms with Gasteiger partial charge in [-0.3, -0.25) is 4.79 Å². The lowest BCUT2D eigenvalue weighted by Gasteiger charge is -2.27. The fourth-order valence-corrected chi connectivity index (χ4v) is 3.30. The van der Waals surface area contributed by atoms with Crippen molar-refractivity contribution in [2.24, 2.45) is 0 Å². The van der Waals surface area contributed by atoms with Gasteiger partial charge >= 0.3 is 0 Å².